The highest BCUT2D eigenvalue weighted by molar-refractivity contribution is 5.94. The molecule has 114 valence electrons. The predicted octanol–water partition coefficient (Wildman–Crippen LogP) is 2.27. The van der Waals surface area contributed by atoms with Gasteiger partial charge in [-0.2, -0.15) is 0 Å². The second-order valence-electron chi connectivity index (χ2n) is 4.71. The summed E-state index contributed by atoms with van der Waals surface area (Å²) in [6.45, 7) is 5.95. The number of nitrogens with zero attached hydrogens (tertiary/aromatic N) is 1. The van der Waals surface area contributed by atoms with E-state index in [-0.39, 0.29) is 12.5 Å². The van der Waals surface area contributed by atoms with E-state index in [1.807, 2.05) is 4.90 Å². The van der Waals surface area contributed by atoms with Crippen LogP contribution in [0.1, 0.15) is 42.6 Å². The summed E-state index contributed by atoms with van der Waals surface area (Å²) in [4.78, 5) is 14.4. The number of methoxy groups -OCH3 is 1. The van der Waals surface area contributed by atoms with Crippen molar-refractivity contribution in [2.45, 2.75) is 26.7 Å². The minimum atomic E-state index is 0.0390. The van der Waals surface area contributed by atoms with Crippen molar-refractivity contribution in [2.75, 3.05) is 26.7 Å². The number of hydrogen-bond acceptors (Lipinski definition) is 3. The Balaban J connectivity index is 3.08. The Labute approximate surface area is 127 Å². The molecule has 1 aromatic carbocycles. The lowest BCUT2D eigenvalue weighted by Gasteiger charge is -2.21. The monoisotopic (exact) mass is 288 g/mol. The van der Waals surface area contributed by atoms with Crippen LogP contribution in [0.15, 0.2) is 18.2 Å². The Morgan fingerprint density at radius 2 is 1.95 bits per heavy atom. The van der Waals surface area contributed by atoms with Gasteiger partial charge in [0.25, 0.3) is 5.91 Å². The van der Waals surface area contributed by atoms with Crippen molar-refractivity contribution in [3.05, 3.63) is 29.3 Å². The Morgan fingerprint density at radius 1 is 1.29 bits per heavy atom. The van der Waals surface area contributed by atoms with E-state index in [0.29, 0.717) is 16.9 Å². The maximum atomic E-state index is 12.6. The maximum absolute atomic E-state index is 12.6. The maximum Gasteiger partial charge on any atom is 0.253 e. The van der Waals surface area contributed by atoms with Crippen LogP contribution in [-0.2, 0) is 0 Å². The van der Waals surface area contributed by atoms with Crippen molar-refractivity contribution in [3.8, 4) is 17.6 Å². The van der Waals surface area contributed by atoms with Crippen molar-refractivity contribution in [1.29, 1.82) is 0 Å². The Morgan fingerprint density at radius 3 is 2.48 bits per heavy atom. The zero-order valence-electron chi connectivity index (χ0n) is 13.1. The molecule has 2 N–H and O–H groups in total. The minimum absolute atomic E-state index is 0.0390. The fourth-order valence-electron chi connectivity index (χ4n) is 2.12. The average molecular weight is 288 g/mol. The predicted molar refractivity (Wildman–Crippen MR) is 85.4 cm³/mol. The van der Waals surface area contributed by atoms with Crippen LogP contribution in [-0.4, -0.2) is 37.6 Å². The van der Waals surface area contributed by atoms with E-state index in [1.165, 1.54) is 0 Å². The van der Waals surface area contributed by atoms with Crippen LogP contribution in [0.5, 0.6) is 5.75 Å². The van der Waals surface area contributed by atoms with Gasteiger partial charge in [-0.15, -0.1) is 0 Å². The molecule has 0 aliphatic rings. The lowest BCUT2D eigenvalue weighted by Crippen LogP contribution is -2.32. The zero-order chi connectivity index (χ0) is 15.7. The number of ether oxygens (including phenoxy) is 1. The molecule has 0 aliphatic carbocycles. The zero-order valence-corrected chi connectivity index (χ0v) is 13.1. The first-order chi connectivity index (χ1) is 10.2. The summed E-state index contributed by atoms with van der Waals surface area (Å²) in [6, 6.07) is 5.35. The van der Waals surface area contributed by atoms with E-state index in [1.54, 1.807) is 25.3 Å². The molecule has 0 saturated heterocycles. The van der Waals surface area contributed by atoms with Gasteiger partial charge in [0.1, 0.15) is 5.75 Å². The molecule has 1 rings (SSSR count). The van der Waals surface area contributed by atoms with Crippen molar-refractivity contribution < 1.29 is 9.53 Å². The molecule has 0 aliphatic heterocycles. The van der Waals surface area contributed by atoms with E-state index in [0.717, 1.165) is 25.9 Å². The van der Waals surface area contributed by atoms with Crippen LogP contribution < -0.4 is 10.5 Å². The van der Waals surface area contributed by atoms with Gasteiger partial charge in [-0.05, 0) is 31.0 Å². The van der Waals surface area contributed by atoms with E-state index in [9.17, 15) is 4.79 Å². The van der Waals surface area contributed by atoms with Gasteiger partial charge in [-0.1, -0.05) is 25.7 Å². The van der Waals surface area contributed by atoms with Gasteiger partial charge in [0.15, 0.2) is 0 Å². The van der Waals surface area contributed by atoms with E-state index in [2.05, 4.69) is 25.7 Å². The summed E-state index contributed by atoms with van der Waals surface area (Å²) < 4.78 is 5.26. The number of rotatable bonds is 6. The smallest absolute Gasteiger partial charge is 0.253 e. The van der Waals surface area contributed by atoms with E-state index in [4.69, 9.17) is 10.5 Å². The summed E-state index contributed by atoms with van der Waals surface area (Å²) in [7, 11) is 1.59. The largest absolute Gasteiger partial charge is 0.495 e. The molecule has 4 nitrogen and oxygen atoms in total. The van der Waals surface area contributed by atoms with Crippen LogP contribution in [0, 0.1) is 11.8 Å². The third kappa shape index (κ3) is 4.80. The van der Waals surface area contributed by atoms with Crippen LogP contribution in [0.3, 0.4) is 0 Å². The summed E-state index contributed by atoms with van der Waals surface area (Å²) >= 11 is 0. The topological polar surface area (TPSA) is 55.6 Å². The van der Waals surface area contributed by atoms with Gasteiger partial charge < -0.3 is 15.4 Å². The summed E-state index contributed by atoms with van der Waals surface area (Å²) in [5.74, 6) is 6.45. The Kier molecular flexibility index (Phi) is 7.34. The molecule has 0 heterocycles. The van der Waals surface area contributed by atoms with Gasteiger partial charge in [0.05, 0.1) is 19.2 Å². The second-order valence-corrected chi connectivity index (χ2v) is 4.71. The third-order valence-electron chi connectivity index (χ3n) is 3.05. The SMILES string of the molecule is CCCN(CCC)C(=O)c1ccc(OC)c(C#CCN)c1. The van der Waals surface area contributed by atoms with E-state index >= 15 is 0 Å². The van der Waals surface area contributed by atoms with Crippen LogP contribution >= 0.6 is 0 Å². The molecule has 0 bridgehead atoms. The van der Waals surface area contributed by atoms with Gasteiger partial charge in [-0.25, -0.2) is 0 Å². The number of nitrogens with two attached hydrogens (primary N) is 1. The number of carbonyl (C=O) groups is 1. The number of carbonyl (C=O) groups excluding carboxylic acids is 1. The molecule has 1 aromatic rings. The first kappa shape index (κ1) is 17.1. The molecule has 0 fully saturated rings. The van der Waals surface area contributed by atoms with Gasteiger partial charge in [-0.3, -0.25) is 4.79 Å². The molecular weight excluding hydrogens is 264 g/mol. The molecule has 0 unspecified atom stereocenters. The van der Waals surface area contributed by atoms with E-state index < -0.39 is 0 Å². The normalized spacial score (nSPS) is 9.71. The highest BCUT2D eigenvalue weighted by Gasteiger charge is 2.15. The van der Waals surface area contributed by atoms with Crippen LogP contribution in [0.25, 0.3) is 0 Å². The number of benzene rings is 1. The second kappa shape index (κ2) is 9.04. The van der Waals surface area contributed by atoms with Gasteiger partial charge in [0, 0.05) is 18.7 Å². The van der Waals surface area contributed by atoms with Crippen LogP contribution in [0.4, 0.5) is 0 Å². The summed E-state index contributed by atoms with van der Waals surface area (Å²) in [6.07, 6.45) is 1.89. The molecule has 0 saturated carbocycles. The molecule has 4 heteroatoms. The Hall–Kier alpha value is -1.99. The summed E-state index contributed by atoms with van der Waals surface area (Å²) in [5, 5.41) is 0. The summed E-state index contributed by atoms with van der Waals surface area (Å²) in [5.41, 5.74) is 6.74. The quantitative estimate of drug-likeness (QED) is 0.817. The average Bonchev–Trinajstić information content (AvgIpc) is 2.51. The molecule has 0 aromatic heterocycles. The first-order valence-corrected chi connectivity index (χ1v) is 7.34. The van der Waals surface area contributed by atoms with Crippen molar-refractivity contribution in [3.63, 3.8) is 0 Å². The Bertz CT molecular complexity index is 523. The molecule has 0 spiro atoms. The van der Waals surface area contributed by atoms with Gasteiger partial charge >= 0.3 is 0 Å². The van der Waals surface area contributed by atoms with Gasteiger partial charge in [0.2, 0.25) is 0 Å². The fourth-order valence-corrected chi connectivity index (χ4v) is 2.12. The molecule has 21 heavy (non-hydrogen) atoms. The standard InChI is InChI=1S/C17H24N2O2/c1-4-11-19(12-5-2)17(20)15-8-9-16(21-3)14(13-15)7-6-10-18/h8-9,13H,4-5,10-12,18H2,1-3H3. The minimum Gasteiger partial charge on any atom is -0.495 e. The molecular formula is C17H24N2O2. The highest BCUT2D eigenvalue weighted by Crippen LogP contribution is 2.20. The first-order valence-electron chi connectivity index (χ1n) is 7.34. The molecule has 1 amide bonds. The highest BCUT2D eigenvalue weighted by atomic mass is 16.5. The molecule has 0 atom stereocenters. The number of amides is 1. The van der Waals surface area contributed by atoms with Crippen molar-refractivity contribution >= 4 is 5.91 Å². The lowest BCUT2D eigenvalue weighted by molar-refractivity contribution is 0.0755. The van der Waals surface area contributed by atoms with Crippen molar-refractivity contribution in [2.24, 2.45) is 5.73 Å². The van der Waals surface area contributed by atoms with Crippen LogP contribution in [0.2, 0.25) is 0 Å². The lowest BCUT2D eigenvalue weighted by atomic mass is 10.1. The van der Waals surface area contributed by atoms with Crippen molar-refractivity contribution in [1.82, 2.24) is 4.90 Å². The third-order valence-corrected chi connectivity index (χ3v) is 3.05. The molecule has 0 radical (unpaired) electrons. The fraction of sp³-hybridized carbons (Fsp3) is 0.471. The number of hydrogen-bond donors (Lipinski definition) is 1.